The van der Waals surface area contributed by atoms with Crippen molar-refractivity contribution in [3.8, 4) is 11.1 Å². The van der Waals surface area contributed by atoms with Gasteiger partial charge in [0.15, 0.2) is 12.0 Å². The number of esters is 1. The number of hydrogen-bond donors (Lipinski definition) is 0. The van der Waals surface area contributed by atoms with Crippen LogP contribution in [0, 0.1) is 0 Å². The van der Waals surface area contributed by atoms with Crippen LogP contribution < -0.4 is 0 Å². The van der Waals surface area contributed by atoms with E-state index in [1.54, 1.807) is 25.1 Å². The van der Waals surface area contributed by atoms with Crippen LogP contribution in [0.15, 0.2) is 52.9 Å². The number of ether oxygens (including phenoxy) is 1. The molecule has 0 aliphatic heterocycles. The largest absolute Gasteiger partial charge is 0.462 e. The molecule has 0 amide bonds. The molecule has 0 N–H and O–H groups in total. The van der Waals surface area contributed by atoms with Crippen molar-refractivity contribution in [2.24, 2.45) is 0 Å². The summed E-state index contributed by atoms with van der Waals surface area (Å²) in [5, 5.41) is 0.870. The molecule has 0 saturated carbocycles. The summed E-state index contributed by atoms with van der Waals surface area (Å²) in [6.07, 6.45) is 0.688. The summed E-state index contributed by atoms with van der Waals surface area (Å²) in [5.41, 5.74) is 3.16. The molecule has 2 aromatic carbocycles. The normalized spacial score (nSPS) is 10.6. The van der Waals surface area contributed by atoms with Gasteiger partial charge in [0.25, 0.3) is 0 Å². The van der Waals surface area contributed by atoms with Gasteiger partial charge in [-0.25, -0.2) is 4.79 Å². The maximum Gasteiger partial charge on any atom is 0.338 e. The van der Waals surface area contributed by atoms with Crippen molar-refractivity contribution in [3.63, 3.8) is 0 Å². The smallest absolute Gasteiger partial charge is 0.338 e. The molecule has 0 aliphatic carbocycles. The van der Waals surface area contributed by atoms with Crippen LogP contribution >= 0.6 is 0 Å². The zero-order chi connectivity index (χ0) is 15.5. The van der Waals surface area contributed by atoms with Crippen LogP contribution in [0.1, 0.15) is 27.8 Å². The van der Waals surface area contributed by atoms with Gasteiger partial charge in [-0.15, -0.1) is 0 Å². The monoisotopic (exact) mass is 294 g/mol. The lowest BCUT2D eigenvalue weighted by Gasteiger charge is -2.04. The molecule has 0 bridgehead atoms. The molecule has 110 valence electrons. The van der Waals surface area contributed by atoms with Crippen LogP contribution in [0.25, 0.3) is 22.1 Å². The van der Waals surface area contributed by atoms with E-state index in [1.807, 2.05) is 30.3 Å². The maximum absolute atomic E-state index is 11.6. The van der Waals surface area contributed by atoms with E-state index in [4.69, 9.17) is 9.15 Å². The van der Waals surface area contributed by atoms with Crippen LogP contribution in [0.4, 0.5) is 0 Å². The molecule has 1 aromatic heterocycles. The highest BCUT2D eigenvalue weighted by molar-refractivity contribution is 5.91. The standard InChI is InChI=1S/C18H14O4/c1-2-21-18(20)13-5-3-12(4-6-13)14-7-8-17-15(9-14)10-16(11-19)22-17/h3-11H,2H2,1H3. The fourth-order valence-corrected chi connectivity index (χ4v) is 2.31. The van der Waals surface area contributed by atoms with Crippen molar-refractivity contribution in [2.45, 2.75) is 6.92 Å². The van der Waals surface area contributed by atoms with E-state index < -0.39 is 0 Å². The van der Waals surface area contributed by atoms with Crippen molar-refractivity contribution in [2.75, 3.05) is 6.61 Å². The molecular formula is C18H14O4. The highest BCUT2D eigenvalue weighted by Gasteiger charge is 2.08. The topological polar surface area (TPSA) is 56.5 Å². The van der Waals surface area contributed by atoms with Crippen molar-refractivity contribution >= 4 is 23.2 Å². The molecule has 3 rings (SSSR count). The first-order valence-corrected chi connectivity index (χ1v) is 6.97. The number of rotatable bonds is 4. The molecule has 3 aromatic rings. The number of benzene rings is 2. The van der Waals surface area contributed by atoms with Gasteiger partial charge < -0.3 is 9.15 Å². The Balaban J connectivity index is 1.93. The summed E-state index contributed by atoms with van der Waals surface area (Å²) >= 11 is 0. The second-order valence-electron chi connectivity index (χ2n) is 4.82. The van der Waals surface area contributed by atoms with Gasteiger partial charge in [0.1, 0.15) is 5.58 Å². The summed E-state index contributed by atoms with van der Waals surface area (Å²) < 4.78 is 10.3. The van der Waals surface area contributed by atoms with Crippen LogP contribution in [0.3, 0.4) is 0 Å². The van der Waals surface area contributed by atoms with E-state index in [0.29, 0.717) is 29.8 Å². The summed E-state index contributed by atoms with van der Waals surface area (Å²) in [6.45, 7) is 2.14. The van der Waals surface area contributed by atoms with Crippen LogP contribution in [0.2, 0.25) is 0 Å². The molecule has 0 unspecified atom stereocenters. The van der Waals surface area contributed by atoms with Crippen molar-refractivity contribution in [3.05, 3.63) is 59.9 Å². The number of hydrogen-bond acceptors (Lipinski definition) is 4. The van der Waals surface area contributed by atoms with Gasteiger partial charge in [-0.05, 0) is 48.4 Å². The third-order valence-electron chi connectivity index (χ3n) is 3.38. The average Bonchev–Trinajstić information content (AvgIpc) is 2.97. The van der Waals surface area contributed by atoms with E-state index >= 15 is 0 Å². The molecule has 22 heavy (non-hydrogen) atoms. The number of furan rings is 1. The average molecular weight is 294 g/mol. The first-order valence-electron chi connectivity index (χ1n) is 6.97. The molecule has 0 atom stereocenters. The molecule has 0 fully saturated rings. The Bertz CT molecular complexity index is 828. The SMILES string of the molecule is CCOC(=O)c1ccc(-c2ccc3oc(C=O)cc3c2)cc1. The zero-order valence-corrected chi connectivity index (χ0v) is 12.0. The second-order valence-corrected chi connectivity index (χ2v) is 4.82. The molecule has 0 saturated heterocycles. The van der Waals surface area contributed by atoms with Crippen LogP contribution in [0.5, 0.6) is 0 Å². The number of aldehydes is 1. The van der Waals surface area contributed by atoms with Gasteiger partial charge in [0.05, 0.1) is 12.2 Å². The van der Waals surface area contributed by atoms with Gasteiger partial charge in [0, 0.05) is 5.39 Å². The molecule has 0 aliphatic rings. The first-order chi connectivity index (χ1) is 10.7. The van der Waals surface area contributed by atoms with E-state index in [2.05, 4.69) is 0 Å². The van der Waals surface area contributed by atoms with E-state index in [9.17, 15) is 9.59 Å². The van der Waals surface area contributed by atoms with Gasteiger partial charge in [-0.2, -0.15) is 0 Å². The van der Waals surface area contributed by atoms with Crippen molar-refractivity contribution < 1.29 is 18.7 Å². The molecule has 0 radical (unpaired) electrons. The molecule has 0 spiro atoms. The Morgan fingerprint density at radius 3 is 2.50 bits per heavy atom. The van der Waals surface area contributed by atoms with Gasteiger partial charge in [-0.1, -0.05) is 18.2 Å². The predicted octanol–water partition coefficient (Wildman–Crippen LogP) is 4.09. The number of carbonyl (C=O) groups is 2. The molecule has 1 heterocycles. The van der Waals surface area contributed by atoms with Gasteiger partial charge in [0.2, 0.25) is 0 Å². The Morgan fingerprint density at radius 1 is 1.09 bits per heavy atom. The lowest BCUT2D eigenvalue weighted by atomic mass is 10.0. The lowest BCUT2D eigenvalue weighted by Crippen LogP contribution is -2.03. The summed E-state index contributed by atoms with van der Waals surface area (Å²) in [7, 11) is 0. The third-order valence-corrected chi connectivity index (χ3v) is 3.38. The fourth-order valence-electron chi connectivity index (χ4n) is 2.31. The minimum Gasteiger partial charge on any atom is -0.462 e. The predicted molar refractivity (Wildman–Crippen MR) is 83.0 cm³/mol. The molecule has 4 heteroatoms. The highest BCUT2D eigenvalue weighted by atomic mass is 16.5. The Labute approximate surface area is 127 Å². The Morgan fingerprint density at radius 2 is 1.82 bits per heavy atom. The van der Waals surface area contributed by atoms with Gasteiger partial charge in [-0.3, -0.25) is 4.79 Å². The minimum atomic E-state index is -0.324. The fraction of sp³-hybridized carbons (Fsp3) is 0.111. The van der Waals surface area contributed by atoms with Gasteiger partial charge >= 0.3 is 5.97 Å². The Kier molecular flexibility index (Phi) is 3.74. The van der Waals surface area contributed by atoms with Crippen LogP contribution in [-0.4, -0.2) is 18.9 Å². The van der Waals surface area contributed by atoms with E-state index in [-0.39, 0.29) is 5.97 Å². The minimum absolute atomic E-state index is 0.310. The molecule has 4 nitrogen and oxygen atoms in total. The summed E-state index contributed by atoms with van der Waals surface area (Å²) in [5.74, 6) is -0.0141. The maximum atomic E-state index is 11.6. The second kappa shape index (κ2) is 5.85. The Hall–Kier alpha value is -2.88. The van der Waals surface area contributed by atoms with Crippen molar-refractivity contribution in [1.82, 2.24) is 0 Å². The summed E-state index contributed by atoms with van der Waals surface area (Å²) in [6, 6.07) is 14.6. The zero-order valence-electron chi connectivity index (χ0n) is 12.0. The third kappa shape index (κ3) is 2.63. The number of carbonyl (C=O) groups excluding carboxylic acids is 2. The van der Waals surface area contributed by atoms with E-state index in [1.165, 1.54) is 0 Å². The van der Waals surface area contributed by atoms with E-state index in [0.717, 1.165) is 16.5 Å². The first kappa shape index (κ1) is 14.1. The number of fused-ring (bicyclic) bond motifs is 1. The quantitative estimate of drug-likeness (QED) is 0.537. The molecular weight excluding hydrogens is 280 g/mol. The van der Waals surface area contributed by atoms with Crippen LogP contribution in [-0.2, 0) is 4.74 Å². The highest BCUT2D eigenvalue weighted by Crippen LogP contribution is 2.26. The summed E-state index contributed by atoms with van der Waals surface area (Å²) in [4.78, 5) is 22.4. The van der Waals surface area contributed by atoms with Crippen molar-refractivity contribution in [1.29, 1.82) is 0 Å². The lowest BCUT2D eigenvalue weighted by molar-refractivity contribution is 0.0526.